The Balaban J connectivity index is 4.27. The highest BCUT2D eigenvalue weighted by Gasteiger charge is 2.27. The Bertz CT molecular complexity index is 1240. The quantitative estimate of drug-likeness (QED) is 0.0234. The number of esters is 2. The van der Waals surface area contributed by atoms with Gasteiger partial charge in [-0.05, 0) is 83.5 Å². The molecule has 0 aliphatic rings. The minimum absolute atomic E-state index is 0.169. The predicted octanol–water partition coefficient (Wildman–Crippen LogP) is 13.2. The number of hydrogen-bond acceptors (Lipinski definition) is 9. The number of phosphoric acid groups is 1. The number of phosphoric ester groups is 1. The van der Waals surface area contributed by atoms with Crippen LogP contribution < -0.4 is 0 Å². The van der Waals surface area contributed by atoms with E-state index >= 15 is 0 Å². The fourth-order valence-corrected chi connectivity index (χ4v) is 6.98. The summed E-state index contributed by atoms with van der Waals surface area (Å²) in [6, 6.07) is 0. The maximum Gasteiger partial charge on any atom is 0.472 e. The Kier molecular flexibility index (Phi) is 43.5. The van der Waals surface area contributed by atoms with Crippen LogP contribution in [0.25, 0.3) is 0 Å². The lowest BCUT2D eigenvalue weighted by Crippen LogP contribution is -2.29. The van der Waals surface area contributed by atoms with Gasteiger partial charge in [0.15, 0.2) is 6.10 Å². The Morgan fingerprint density at radius 2 is 0.902 bits per heavy atom. The molecule has 0 amide bonds. The second kappa shape index (κ2) is 45.4. The molecule has 0 rings (SSSR count). The SMILES string of the molecule is CC/C=C\C/C=C\C/C=C\C/C=C\CCCCCCCCCCC(=O)OC(COC(=O)CCCCCCCCC/C=C\C/C=C\CCCCC)COP(=O)(O)OCC(O)CO. The highest BCUT2D eigenvalue weighted by atomic mass is 31.2. The zero-order valence-electron chi connectivity index (χ0n) is 38.4. The monoisotopic (exact) mass is 879 g/mol. The van der Waals surface area contributed by atoms with Crippen molar-refractivity contribution in [2.24, 2.45) is 0 Å². The minimum atomic E-state index is -4.63. The molecule has 0 radical (unpaired) electrons. The second-order valence-electron chi connectivity index (χ2n) is 15.7. The third kappa shape index (κ3) is 45.3. The van der Waals surface area contributed by atoms with Crippen LogP contribution in [0.3, 0.4) is 0 Å². The van der Waals surface area contributed by atoms with Crippen LogP contribution in [0, 0.1) is 0 Å². The highest BCUT2D eigenvalue weighted by molar-refractivity contribution is 7.47. The van der Waals surface area contributed by atoms with Gasteiger partial charge in [-0.1, -0.05) is 170 Å². The molecule has 352 valence electrons. The van der Waals surface area contributed by atoms with E-state index in [1.54, 1.807) is 0 Å². The van der Waals surface area contributed by atoms with E-state index in [1.165, 1.54) is 64.2 Å². The largest absolute Gasteiger partial charge is 0.472 e. The van der Waals surface area contributed by atoms with Crippen LogP contribution in [0.15, 0.2) is 72.9 Å². The molecular formula is C50H87O10P. The van der Waals surface area contributed by atoms with Gasteiger partial charge in [0.1, 0.15) is 12.7 Å². The predicted molar refractivity (Wildman–Crippen MR) is 251 cm³/mol. The summed E-state index contributed by atoms with van der Waals surface area (Å²) in [6.07, 6.45) is 52.9. The molecule has 11 heteroatoms. The van der Waals surface area contributed by atoms with Gasteiger partial charge in [0, 0.05) is 12.8 Å². The summed E-state index contributed by atoms with van der Waals surface area (Å²) in [4.78, 5) is 35.1. The Hall–Kier alpha value is -2.59. The first kappa shape index (κ1) is 58.4. The van der Waals surface area contributed by atoms with Crippen LogP contribution in [-0.2, 0) is 32.7 Å². The van der Waals surface area contributed by atoms with Crippen molar-refractivity contribution >= 4 is 19.8 Å². The molecule has 0 saturated heterocycles. The lowest BCUT2D eigenvalue weighted by Gasteiger charge is -2.20. The minimum Gasteiger partial charge on any atom is -0.462 e. The van der Waals surface area contributed by atoms with E-state index in [-0.39, 0.29) is 19.4 Å². The Morgan fingerprint density at radius 1 is 0.508 bits per heavy atom. The zero-order chi connectivity index (χ0) is 44.8. The van der Waals surface area contributed by atoms with Crippen molar-refractivity contribution in [3.63, 3.8) is 0 Å². The van der Waals surface area contributed by atoms with E-state index in [9.17, 15) is 24.2 Å². The molecule has 0 aromatic rings. The molecule has 0 aromatic heterocycles. The first-order valence-electron chi connectivity index (χ1n) is 23.9. The summed E-state index contributed by atoms with van der Waals surface area (Å²) in [5.41, 5.74) is 0. The number of carbonyl (C=O) groups excluding carboxylic acids is 2. The maximum absolute atomic E-state index is 12.7. The van der Waals surface area contributed by atoms with E-state index in [4.69, 9.17) is 23.6 Å². The third-order valence-electron chi connectivity index (χ3n) is 9.84. The van der Waals surface area contributed by atoms with Crippen molar-refractivity contribution in [2.45, 2.75) is 206 Å². The van der Waals surface area contributed by atoms with E-state index in [0.29, 0.717) is 12.8 Å². The molecule has 0 saturated carbocycles. The summed E-state index contributed by atoms with van der Waals surface area (Å²) < 4.78 is 32.8. The number of rotatable bonds is 44. The van der Waals surface area contributed by atoms with Crippen molar-refractivity contribution in [3.8, 4) is 0 Å². The average molecular weight is 879 g/mol. The van der Waals surface area contributed by atoms with Crippen LogP contribution in [0.5, 0.6) is 0 Å². The number of ether oxygens (including phenoxy) is 2. The molecule has 0 aromatic carbocycles. The van der Waals surface area contributed by atoms with Gasteiger partial charge in [-0.2, -0.15) is 0 Å². The van der Waals surface area contributed by atoms with Crippen molar-refractivity contribution in [1.82, 2.24) is 0 Å². The third-order valence-corrected chi connectivity index (χ3v) is 10.8. The van der Waals surface area contributed by atoms with Gasteiger partial charge in [-0.3, -0.25) is 18.6 Å². The molecule has 0 spiro atoms. The molecule has 0 aliphatic carbocycles. The fraction of sp³-hybridized carbons (Fsp3) is 0.720. The lowest BCUT2D eigenvalue weighted by atomic mass is 10.1. The number of allylic oxidation sites excluding steroid dienone is 12. The topological polar surface area (TPSA) is 149 Å². The summed E-state index contributed by atoms with van der Waals surface area (Å²) in [6.45, 7) is 2.23. The highest BCUT2D eigenvalue weighted by Crippen LogP contribution is 2.43. The first-order chi connectivity index (χ1) is 29.7. The Morgan fingerprint density at radius 3 is 1.36 bits per heavy atom. The van der Waals surface area contributed by atoms with Crippen LogP contribution in [0.4, 0.5) is 0 Å². The number of hydrogen-bond donors (Lipinski definition) is 3. The summed E-state index contributed by atoms with van der Waals surface area (Å²) in [5.74, 6) is -0.945. The molecule has 0 aliphatic heterocycles. The van der Waals surface area contributed by atoms with Crippen LogP contribution in [0.1, 0.15) is 194 Å². The second-order valence-corrected chi connectivity index (χ2v) is 17.2. The smallest absolute Gasteiger partial charge is 0.462 e. The van der Waals surface area contributed by atoms with Gasteiger partial charge in [0.05, 0.1) is 19.8 Å². The molecule has 61 heavy (non-hydrogen) atoms. The van der Waals surface area contributed by atoms with Gasteiger partial charge in [-0.15, -0.1) is 0 Å². The summed E-state index contributed by atoms with van der Waals surface area (Å²) >= 11 is 0. The van der Waals surface area contributed by atoms with Crippen molar-refractivity contribution in [2.75, 3.05) is 26.4 Å². The molecule has 3 unspecified atom stereocenters. The van der Waals surface area contributed by atoms with Crippen LogP contribution in [-0.4, -0.2) is 65.7 Å². The molecule has 0 bridgehead atoms. The van der Waals surface area contributed by atoms with Crippen molar-refractivity contribution in [3.05, 3.63) is 72.9 Å². The average Bonchev–Trinajstić information content (AvgIpc) is 3.25. The number of aliphatic hydroxyl groups is 2. The van der Waals surface area contributed by atoms with Crippen molar-refractivity contribution < 1.29 is 47.8 Å². The molecule has 3 N–H and O–H groups in total. The van der Waals surface area contributed by atoms with E-state index < -0.39 is 51.8 Å². The van der Waals surface area contributed by atoms with E-state index in [2.05, 4.69) is 86.8 Å². The van der Waals surface area contributed by atoms with Gasteiger partial charge >= 0.3 is 19.8 Å². The first-order valence-corrected chi connectivity index (χ1v) is 25.4. The zero-order valence-corrected chi connectivity index (χ0v) is 39.3. The number of unbranched alkanes of at least 4 members (excludes halogenated alkanes) is 18. The van der Waals surface area contributed by atoms with Gasteiger partial charge in [0.25, 0.3) is 0 Å². The van der Waals surface area contributed by atoms with Crippen LogP contribution >= 0.6 is 7.82 Å². The summed E-state index contributed by atoms with van der Waals surface area (Å²) in [5, 5.41) is 18.4. The normalized spacial score (nSPS) is 14.4. The number of carbonyl (C=O) groups is 2. The van der Waals surface area contributed by atoms with Crippen LogP contribution in [0.2, 0.25) is 0 Å². The molecule has 0 heterocycles. The van der Waals surface area contributed by atoms with Gasteiger partial charge in [-0.25, -0.2) is 4.57 Å². The van der Waals surface area contributed by atoms with E-state index in [0.717, 1.165) is 89.9 Å². The molecule has 0 fully saturated rings. The maximum atomic E-state index is 12.7. The van der Waals surface area contributed by atoms with Gasteiger partial charge < -0.3 is 24.6 Å². The molecular weight excluding hydrogens is 792 g/mol. The molecule has 10 nitrogen and oxygen atoms in total. The lowest BCUT2D eigenvalue weighted by molar-refractivity contribution is -0.161. The summed E-state index contributed by atoms with van der Waals surface area (Å²) in [7, 11) is -4.63. The van der Waals surface area contributed by atoms with E-state index in [1.807, 2.05) is 0 Å². The Labute approximate surface area is 371 Å². The molecule has 3 atom stereocenters. The standard InChI is InChI=1S/C50H87O10P/c1-3-5-7-9-11-13-15-17-19-21-22-23-24-26-28-30-32-34-36-38-40-42-50(54)60-48(46-59-61(55,56)58-44-47(52)43-51)45-57-49(53)41-39-37-35-33-31-29-27-25-20-18-16-14-12-10-8-6-4-2/h5,7,11-14,17-20,22-23,47-48,51-52H,3-4,6,8-10,15-16,21,24-46H2,1-2H3,(H,55,56)/b7-5-,13-11-,14-12-,19-17-,20-18-,23-22-. The van der Waals surface area contributed by atoms with Crippen molar-refractivity contribution in [1.29, 1.82) is 0 Å². The fourth-order valence-electron chi connectivity index (χ4n) is 6.19. The number of aliphatic hydroxyl groups excluding tert-OH is 2. The van der Waals surface area contributed by atoms with Gasteiger partial charge in [0.2, 0.25) is 0 Å².